The molecule has 180 valence electrons. The number of rotatable bonds is 11. The third kappa shape index (κ3) is 7.47. The summed E-state index contributed by atoms with van der Waals surface area (Å²) < 4.78 is 26.1. The minimum Gasteiger partial charge on any atom is -0.352 e. The molecule has 0 aliphatic heterocycles. The van der Waals surface area contributed by atoms with Crippen LogP contribution in [0.25, 0.3) is 0 Å². The number of sulfonamides is 1. The number of hydrogen-bond acceptors (Lipinski definition) is 4. The fourth-order valence-electron chi connectivity index (χ4n) is 3.38. The number of benzene rings is 2. The van der Waals surface area contributed by atoms with E-state index in [-0.39, 0.29) is 18.5 Å². The number of amides is 2. The van der Waals surface area contributed by atoms with Gasteiger partial charge in [-0.2, -0.15) is 0 Å². The summed E-state index contributed by atoms with van der Waals surface area (Å²) in [5.41, 5.74) is 1.05. The lowest BCUT2D eigenvalue weighted by molar-refractivity contribution is -0.140. The summed E-state index contributed by atoms with van der Waals surface area (Å²) in [4.78, 5) is 28.0. The monoisotopic (exact) mass is 493 g/mol. The quantitative estimate of drug-likeness (QED) is 0.515. The molecule has 0 saturated carbocycles. The number of nitrogens with one attached hydrogen (secondary N) is 1. The van der Waals surface area contributed by atoms with Gasteiger partial charge >= 0.3 is 0 Å². The summed E-state index contributed by atoms with van der Waals surface area (Å²) in [6.45, 7) is 5.32. The Balaban J connectivity index is 2.43. The highest BCUT2D eigenvalue weighted by Gasteiger charge is 2.32. The van der Waals surface area contributed by atoms with E-state index in [1.54, 1.807) is 54.6 Å². The first kappa shape index (κ1) is 26.7. The van der Waals surface area contributed by atoms with Crippen LogP contribution < -0.4 is 9.62 Å². The van der Waals surface area contributed by atoms with Gasteiger partial charge in [0.2, 0.25) is 21.8 Å². The van der Waals surface area contributed by atoms with Crippen LogP contribution in [-0.2, 0) is 26.2 Å². The van der Waals surface area contributed by atoms with Gasteiger partial charge in [0.15, 0.2) is 0 Å². The van der Waals surface area contributed by atoms with Crippen LogP contribution in [0.4, 0.5) is 5.69 Å². The minimum absolute atomic E-state index is 0.0550. The lowest BCUT2D eigenvalue weighted by Gasteiger charge is -2.33. The van der Waals surface area contributed by atoms with Crippen molar-refractivity contribution in [3.63, 3.8) is 0 Å². The zero-order chi connectivity index (χ0) is 24.6. The van der Waals surface area contributed by atoms with Gasteiger partial charge in [-0.3, -0.25) is 13.9 Å². The Kier molecular flexibility index (Phi) is 9.73. The van der Waals surface area contributed by atoms with Crippen molar-refractivity contribution in [2.45, 2.75) is 52.2 Å². The first-order chi connectivity index (χ1) is 15.6. The first-order valence-corrected chi connectivity index (χ1v) is 13.2. The van der Waals surface area contributed by atoms with Crippen LogP contribution in [-0.4, -0.2) is 50.0 Å². The smallest absolute Gasteiger partial charge is 0.244 e. The highest BCUT2D eigenvalue weighted by Crippen LogP contribution is 2.22. The highest BCUT2D eigenvalue weighted by atomic mass is 35.5. The van der Waals surface area contributed by atoms with Crippen LogP contribution in [0.1, 0.15) is 39.2 Å². The van der Waals surface area contributed by atoms with E-state index in [1.165, 1.54) is 4.90 Å². The Morgan fingerprint density at radius 2 is 1.61 bits per heavy atom. The van der Waals surface area contributed by atoms with Crippen LogP contribution in [0, 0.1) is 0 Å². The van der Waals surface area contributed by atoms with E-state index in [2.05, 4.69) is 5.32 Å². The molecule has 2 aromatic rings. The first-order valence-electron chi connectivity index (χ1n) is 10.9. The fraction of sp³-hybridized carbons (Fsp3) is 0.417. The molecular weight excluding hydrogens is 462 g/mol. The van der Waals surface area contributed by atoms with Crippen LogP contribution >= 0.6 is 11.6 Å². The second-order valence-electron chi connectivity index (χ2n) is 7.96. The van der Waals surface area contributed by atoms with Crippen molar-refractivity contribution in [1.29, 1.82) is 0 Å². The summed E-state index contributed by atoms with van der Waals surface area (Å²) in [7, 11) is -3.74. The van der Waals surface area contributed by atoms with Gasteiger partial charge in [0.25, 0.3) is 0 Å². The molecule has 0 heterocycles. The Labute approximate surface area is 201 Å². The summed E-state index contributed by atoms with van der Waals surface area (Å²) in [6.07, 6.45) is 2.16. The average Bonchev–Trinajstić information content (AvgIpc) is 2.78. The molecule has 0 fully saturated rings. The molecule has 0 aromatic heterocycles. The fourth-order valence-corrected chi connectivity index (χ4v) is 4.42. The van der Waals surface area contributed by atoms with E-state index >= 15 is 0 Å². The van der Waals surface area contributed by atoms with Crippen LogP contribution in [0.5, 0.6) is 0 Å². The lowest BCUT2D eigenvalue weighted by Crippen LogP contribution is -2.53. The maximum Gasteiger partial charge on any atom is 0.244 e. The van der Waals surface area contributed by atoms with Gasteiger partial charge in [-0.25, -0.2) is 8.42 Å². The molecule has 2 rings (SSSR count). The van der Waals surface area contributed by atoms with Gasteiger partial charge in [0.1, 0.15) is 12.6 Å². The molecule has 2 unspecified atom stereocenters. The van der Waals surface area contributed by atoms with Crippen molar-refractivity contribution in [2.24, 2.45) is 0 Å². The molecule has 9 heteroatoms. The number of para-hydroxylation sites is 1. The number of hydrogen-bond donors (Lipinski definition) is 1. The van der Waals surface area contributed by atoms with Crippen molar-refractivity contribution in [2.75, 3.05) is 17.1 Å². The van der Waals surface area contributed by atoms with Gasteiger partial charge in [0, 0.05) is 17.6 Å². The maximum absolute atomic E-state index is 13.5. The molecule has 1 N–H and O–H groups in total. The molecule has 33 heavy (non-hydrogen) atoms. The normalized spacial score (nSPS) is 13.1. The molecule has 0 aliphatic carbocycles. The number of carbonyl (C=O) groups excluding carboxylic acids is 2. The third-order valence-electron chi connectivity index (χ3n) is 5.41. The van der Waals surface area contributed by atoms with E-state index in [9.17, 15) is 18.0 Å². The number of nitrogens with zero attached hydrogens (tertiary/aromatic N) is 2. The number of carbonyl (C=O) groups is 2. The topological polar surface area (TPSA) is 86.8 Å². The van der Waals surface area contributed by atoms with Crippen molar-refractivity contribution >= 4 is 39.1 Å². The molecule has 7 nitrogen and oxygen atoms in total. The van der Waals surface area contributed by atoms with Gasteiger partial charge in [-0.15, -0.1) is 0 Å². The molecule has 0 radical (unpaired) electrons. The van der Waals surface area contributed by atoms with E-state index in [1.807, 2.05) is 20.8 Å². The third-order valence-corrected chi connectivity index (χ3v) is 6.92. The molecule has 2 aromatic carbocycles. The van der Waals surface area contributed by atoms with Gasteiger partial charge in [0.05, 0.1) is 11.9 Å². The van der Waals surface area contributed by atoms with Crippen LogP contribution in [0.15, 0.2) is 54.6 Å². The predicted octanol–water partition coefficient (Wildman–Crippen LogP) is 3.83. The van der Waals surface area contributed by atoms with E-state index in [0.717, 1.165) is 17.0 Å². The summed E-state index contributed by atoms with van der Waals surface area (Å²) in [6, 6.07) is 14.7. The lowest BCUT2D eigenvalue weighted by atomic mass is 10.1. The molecule has 0 saturated heterocycles. The largest absolute Gasteiger partial charge is 0.352 e. The van der Waals surface area contributed by atoms with Crippen LogP contribution in [0.2, 0.25) is 5.02 Å². The Hall–Kier alpha value is -2.58. The minimum atomic E-state index is -3.74. The van der Waals surface area contributed by atoms with Crippen molar-refractivity contribution in [1.82, 2.24) is 10.2 Å². The predicted molar refractivity (Wildman–Crippen MR) is 133 cm³/mol. The number of anilines is 1. The molecular formula is C24H32ClN3O4S. The van der Waals surface area contributed by atoms with E-state index in [4.69, 9.17) is 11.6 Å². The second-order valence-corrected chi connectivity index (χ2v) is 10.3. The van der Waals surface area contributed by atoms with Crippen molar-refractivity contribution in [3.05, 3.63) is 65.2 Å². The van der Waals surface area contributed by atoms with Gasteiger partial charge in [-0.05, 0) is 43.5 Å². The van der Waals surface area contributed by atoms with E-state index < -0.39 is 28.5 Å². The van der Waals surface area contributed by atoms with Crippen molar-refractivity contribution in [3.8, 4) is 0 Å². The molecule has 0 bridgehead atoms. The van der Waals surface area contributed by atoms with Crippen molar-refractivity contribution < 1.29 is 18.0 Å². The summed E-state index contributed by atoms with van der Waals surface area (Å²) in [5.74, 6) is -0.770. The molecule has 2 amide bonds. The number of halogens is 1. The molecule has 0 aliphatic rings. The van der Waals surface area contributed by atoms with Crippen LogP contribution in [0.3, 0.4) is 0 Å². The Morgan fingerprint density at radius 1 is 1.00 bits per heavy atom. The SMILES string of the molecule is CCC(C)NC(=O)C(CC)N(Cc1ccccc1Cl)C(=O)CN(c1ccccc1)S(C)(=O)=O. The summed E-state index contributed by atoms with van der Waals surface area (Å²) in [5, 5.41) is 3.40. The zero-order valence-corrected chi connectivity index (χ0v) is 21.1. The van der Waals surface area contributed by atoms with Gasteiger partial charge in [-0.1, -0.05) is 61.8 Å². The zero-order valence-electron chi connectivity index (χ0n) is 19.5. The maximum atomic E-state index is 13.5. The molecule has 2 atom stereocenters. The van der Waals surface area contributed by atoms with Gasteiger partial charge < -0.3 is 10.2 Å². The second kappa shape index (κ2) is 12.0. The standard InChI is InChI=1S/C24H32ClN3O4S/c1-5-18(3)26-24(30)22(6-2)27(16-19-12-10-11-15-21(19)25)23(29)17-28(33(4,31)32)20-13-8-7-9-14-20/h7-15,18,22H,5-6,16-17H2,1-4H3,(H,26,30). The van der Waals surface area contributed by atoms with E-state index in [0.29, 0.717) is 22.7 Å². The average molecular weight is 494 g/mol. The highest BCUT2D eigenvalue weighted by molar-refractivity contribution is 7.92. The molecule has 0 spiro atoms. The Morgan fingerprint density at radius 3 is 2.15 bits per heavy atom. The Bertz CT molecular complexity index is 1050. The summed E-state index contributed by atoms with van der Waals surface area (Å²) >= 11 is 6.34.